The van der Waals surface area contributed by atoms with Crippen molar-refractivity contribution in [3.05, 3.63) is 0 Å². The van der Waals surface area contributed by atoms with Crippen LogP contribution >= 0.6 is 0 Å². The van der Waals surface area contributed by atoms with E-state index in [4.69, 9.17) is 5.11 Å². The molecule has 0 aliphatic rings. The van der Waals surface area contributed by atoms with Crippen LogP contribution in [0.15, 0.2) is 0 Å². The molecule has 0 aliphatic heterocycles. The van der Waals surface area contributed by atoms with Gasteiger partial charge in [-0.25, -0.2) is 0 Å². The Morgan fingerprint density at radius 2 is 1.70 bits per heavy atom. The summed E-state index contributed by atoms with van der Waals surface area (Å²) in [6.07, 6.45) is 3.69. The van der Waals surface area contributed by atoms with Crippen LogP contribution in [0.4, 0.5) is 0 Å². The van der Waals surface area contributed by atoms with Gasteiger partial charge in [0.1, 0.15) is 0 Å². The first-order chi connectivity index (χ1) is 4.74. The maximum Gasteiger partial charge on any atom is 0.0456 e. The highest BCUT2D eigenvalue weighted by Gasteiger charge is 2.07. The highest BCUT2D eigenvalue weighted by molar-refractivity contribution is 4.59. The lowest BCUT2D eigenvalue weighted by molar-refractivity contribution is 0.209. The van der Waals surface area contributed by atoms with E-state index in [0.717, 1.165) is 5.92 Å². The van der Waals surface area contributed by atoms with Crippen LogP contribution in [0.1, 0.15) is 40.0 Å². The Kier molecular flexibility index (Phi) is 5.70. The first kappa shape index (κ1) is 9.96. The Bertz CT molecular complexity index is 67.1. The van der Waals surface area contributed by atoms with E-state index in [1.54, 1.807) is 0 Å². The zero-order valence-electron chi connectivity index (χ0n) is 7.43. The van der Waals surface area contributed by atoms with Gasteiger partial charge in [0, 0.05) is 6.61 Å². The smallest absolute Gasteiger partial charge is 0.0456 e. The molecule has 0 saturated heterocycles. The normalized spacial score (nSPS) is 14.1. The Labute approximate surface area is 64.5 Å². The number of hydrogen-bond donors (Lipinski definition) is 1. The molecular formula is C9H20O. The van der Waals surface area contributed by atoms with E-state index in [9.17, 15) is 0 Å². The lowest BCUT2D eigenvalue weighted by Gasteiger charge is -2.15. The van der Waals surface area contributed by atoms with Crippen LogP contribution in [-0.2, 0) is 0 Å². The van der Waals surface area contributed by atoms with Gasteiger partial charge >= 0.3 is 0 Å². The average Bonchev–Trinajstić information content (AvgIpc) is 1.99. The predicted octanol–water partition coefficient (Wildman–Crippen LogP) is 2.44. The van der Waals surface area contributed by atoms with Crippen molar-refractivity contribution in [2.24, 2.45) is 11.8 Å². The summed E-state index contributed by atoms with van der Waals surface area (Å²) in [4.78, 5) is 0. The molecule has 0 radical (unpaired) electrons. The van der Waals surface area contributed by atoms with Crippen LogP contribution in [0.25, 0.3) is 0 Å². The minimum atomic E-state index is 0.344. The van der Waals surface area contributed by atoms with Gasteiger partial charge in [-0.2, -0.15) is 0 Å². The van der Waals surface area contributed by atoms with E-state index in [2.05, 4.69) is 20.8 Å². The largest absolute Gasteiger partial charge is 0.396 e. The lowest BCUT2D eigenvalue weighted by atomic mass is 9.92. The van der Waals surface area contributed by atoms with Crippen molar-refractivity contribution >= 4 is 0 Å². The van der Waals surface area contributed by atoms with Gasteiger partial charge in [0.2, 0.25) is 0 Å². The van der Waals surface area contributed by atoms with Gasteiger partial charge < -0.3 is 5.11 Å². The second-order valence-electron chi connectivity index (χ2n) is 3.21. The van der Waals surface area contributed by atoms with Crippen LogP contribution in [0.2, 0.25) is 0 Å². The molecule has 10 heavy (non-hydrogen) atoms. The van der Waals surface area contributed by atoms with Crippen LogP contribution in [0.3, 0.4) is 0 Å². The summed E-state index contributed by atoms with van der Waals surface area (Å²) in [7, 11) is 0. The molecule has 1 N–H and O–H groups in total. The van der Waals surface area contributed by atoms with Gasteiger partial charge in [-0.3, -0.25) is 0 Å². The summed E-state index contributed by atoms with van der Waals surface area (Å²) < 4.78 is 0. The van der Waals surface area contributed by atoms with Crippen molar-refractivity contribution in [3.8, 4) is 0 Å². The molecule has 0 unspecified atom stereocenters. The molecular weight excluding hydrogens is 124 g/mol. The third-order valence-electron chi connectivity index (χ3n) is 2.20. The minimum absolute atomic E-state index is 0.344. The molecule has 0 saturated carbocycles. The third-order valence-corrected chi connectivity index (χ3v) is 2.20. The predicted molar refractivity (Wildman–Crippen MR) is 44.9 cm³/mol. The Morgan fingerprint density at radius 1 is 1.20 bits per heavy atom. The molecule has 0 fully saturated rings. The highest BCUT2D eigenvalue weighted by atomic mass is 16.3. The Balaban J connectivity index is 3.41. The van der Waals surface area contributed by atoms with E-state index in [0.29, 0.717) is 12.5 Å². The van der Waals surface area contributed by atoms with E-state index in [1.807, 2.05) is 0 Å². The molecule has 0 bridgehead atoms. The van der Waals surface area contributed by atoms with E-state index in [-0.39, 0.29) is 0 Å². The third kappa shape index (κ3) is 3.89. The standard InChI is InChI=1S/C9H20O/c1-4-9(5-2)6-8(3)7-10/h8-10H,4-7H2,1-3H3/t8-/m0/s1. The second kappa shape index (κ2) is 5.72. The number of hydrogen-bond acceptors (Lipinski definition) is 1. The van der Waals surface area contributed by atoms with Crippen molar-refractivity contribution in [2.75, 3.05) is 6.61 Å². The number of aliphatic hydroxyl groups is 1. The fourth-order valence-electron chi connectivity index (χ4n) is 1.27. The molecule has 0 aromatic heterocycles. The molecule has 1 heteroatoms. The summed E-state index contributed by atoms with van der Waals surface area (Å²) in [6, 6.07) is 0. The highest BCUT2D eigenvalue weighted by Crippen LogP contribution is 2.17. The summed E-state index contributed by atoms with van der Waals surface area (Å²) in [6.45, 7) is 6.89. The molecule has 0 heterocycles. The van der Waals surface area contributed by atoms with Gasteiger partial charge in [-0.1, -0.05) is 33.6 Å². The molecule has 0 aromatic carbocycles. The molecule has 0 aromatic rings. The van der Waals surface area contributed by atoms with Gasteiger partial charge in [-0.05, 0) is 18.3 Å². The molecule has 0 aliphatic carbocycles. The molecule has 0 spiro atoms. The van der Waals surface area contributed by atoms with Crippen molar-refractivity contribution < 1.29 is 5.11 Å². The van der Waals surface area contributed by atoms with Crippen molar-refractivity contribution in [3.63, 3.8) is 0 Å². The molecule has 62 valence electrons. The van der Waals surface area contributed by atoms with Gasteiger partial charge in [0.15, 0.2) is 0 Å². The van der Waals surface area contributed by atoms with Crippen molar-refractivity contribution in [1.82, 2.24) is 0 Å². The first-order valence-electron chi connectivity index (χ1n) is 4.35. The van der Waals surface area contributed by atoms with Gasteiger partial charge in [-0.15, -0.1) is 0 Å². The SMILES string of the molecule is CCC(CC)C[C@H](C)CO. The molecule has 0 rings (SSSR count). The first-order valence-corrected chi connectivity index (χ1v) is 4.35. The number of rotatable bonds is 5. The van der Waals surface area contributed by atoms with Crippen LogP contribution in [0, 0.1) is 11.8 Å². The monoisotopic (exact) mass is 144 g/mol. The number of aliphatic hydroxyl groups excluding tert-OH is 1. The second-order valence-corrected chi connectivity index (χ2v) is 3.21. The molecule has 1 nitrogen and oxygen atoms in total. The fraction of sp³-hybridized carbons (Fsp3) is 1.00. The minimum Gasteiger partial charge on any atom is -0.396 e. The summed E-state index contributed by atoms with van der Waals surface area (Å²) in [5, 5.41) is 8.77. The topological polar surface area (TPSA) is 20.2 Å². The fourth-order valence-corrected chi connectivity index (χ4v) is 1.27. The quantitative estimate of drug-likeness (QED) is 0.628. The summed E-state index contributed by atoms with van der Waals surface area (Å²) in [5.41, 5.74) is 0. The van der Waals surface area contributed by atoms with Gasteiger partial charge in [0.05, 0.1) is 0 Å². The Hall–Kier alpha value is -0.0400. The van der Waals surface area contributed by atoms with Gasteiger partial charge in [0.25, 0.3) is 0 Å². The van der Waals surface area contributed by atoms with Crippen molar-refractivity contribution in [1.29, 1.82) is 0 Å². The van der Waals surface area contributed by atoms with Crippen LogP contribution < -0.4 is 0 Å². The van der Waals surface area contributed by atoms with E-state index < -0.39 is 0 Å². The van der Waals surface area contributed by atoms with Crippen LogP contribution in [-0.4, -0.2) is 11.7 Å². The van der Waals surface area contributed by atoms with E-state index in [1.165, 1.54) is 19.3 Å². The molecule has 0 amide bonds. The molecule has 1 atom stereocenters. The summed E-state index contributed by atoms with van der Waals surface area (Å²) >= 11 is 0. The summed E-state index contributed by atoms with van der Waals surface area (Å²) in [5.74, 6) is 1.31. The lowest BCUT2D eigenvalue weighted by Crippen LogP contribution is -2.07. The van der Waals surface area contributed by atoms with E-state index >= 15 is 0 Å². The maximum absolute atomic E-state index is 8.77. The maximum atomic E-state index is 8.77. The zero-order valence-corrected chi connectivity index (χ0v) is 7.43. The Morgan fingerprint density at radius 3 is 2.00 bits per heavy atom. The zero-order chi connectivity index (χ0) is 7.98. The van der Waals surface area contributed by atoms with Crippen LogP contribution in [0.5, 0.6) is 0 Å². The van der Waals surface area contributed by atoms with Crippen molar-refractivity contribution in [2.45, 2.75) is 40.0 Å². The average molecular weight is 144 g/mol.